The second kappa shape index (κ2) is 10.4. The van der Waals surface area contributed by atoms with Gasteiger partial charge in [-0.15, -0.1) is 0 Å². The smallest absolute Gasteiger partial charge is 0.326 e. The number of hydrogen-bond donors (Lipinski definition) is 3. The van der Waals surface area contributed by atoms with E-state index in [9.17, 15) is 39.3 Å². The van der Waals surface area contributed by atoms with Crippen LogP contribution in [-0.2, 0) is 28.7 Å². The van der Waals surface area contributed by atoms with Gasteiger partial charge in [0, 0.05) is 24.8 Å². The molecule has 4 aliphatic carbocycles. The van der Waals surface area contributed by atoms with Crippen LogP contribution in [0.5, 0.6) is 0 Å². The number of allylic oxidation sites excluding steroid dienone is 1. The number of carboxylic acid groups (broad SMARTS) is 1. The van der Waals surface area contributed by atoms with Gasteiger partial charge in [0.25, 0.3) is 0 Å². The number of carbonyl (C=O) groups is 5. The first-order valence-electron chi connectivity index (χ1n) is 14.7. The fourth-order valence-corrected chi connectivity index (χ4v) is 9.16. The number of esters is 1. The number of ketones is 2. The number of ether oxygens (including phenoxy) is 1. The molecule has 0 unspecified atom stereocenters. The van der Waals surface area contributed by atoms with Crippen LogP contribution in [-0.4, -0.2) is 80.5 Å². The van der Waals surface area contributed by atoms with E-state index in [0.717, 1.165) is 18.4 Å². The van der Waals surface area contributed by atoms with Crippen LogP contribution < -0.4 is 0 Å². The lowest BCUT2D eigenvalue weighted by Crippen LogP contribution is -2.62. The minimum absolute atomic E-state index is 0.0156. The van der Waals surface area contributed by atoms with Crippen molar-refractivity contribution in [1.82, 2.24) is 4.90 Å². The van der Waals surface area contributed by atoms with Gasteiger partial charge in [0.1, 0.15) is 11.6 Å². The number of carboxylic acids is 1. The van der Waals surface area contributed by atoms with Crippen LogP contribution >= 0.6 is 0 Å². The summed E-state index contributed by atoms with van der Waals surface area (Å²) in [6, 6.07) is -0.879. The summed E-state index contributed by atoms with van der Waals surface area (Å²) in [6.45, 7) is 3.73. The predicted molar refractivity (Wildman–Crippen MR) is 141 cm³/mol. The van der Waals surface area contributed by atoms with Crippen LogP contribution in [0.1, 0.15) is 84.5 Å². The predicted octanol–water partition coefficient (Wildman–Crippen LogP) is 2.19. The van der Waals surface area contributed by atoms with Gasteiger partial charge < -0.3 is 25.0 Å². The standard InChI is InChI=1S/C30H41NO9/c1-28-11-9-18(32)14-17(28)5-6-19-20-10-12-30(39,29(20,2)15-22(33)26(19)28)23(34)16-40-25(36)8-7-24(35)31-13-3-4-21(31)27(37)38/h14,19-22,26,33,39H,3-13,15-16H2,1-2H3,(H,37,38)/t19-,20+,21+,22+,26+,28+,29+,30+/m1/s1. The molecule has 0 aromatic rings. The van der Waals surface area contributed by atoms with E-state index in [2.05, 4.69) is 6.92 Å². The zero-order valence-corrected chi connectivity index (χ0v) is 23.4. The highest BCUT2D eigenvalue weighted by molar-refractivity contribution is 5.92. The Kier molecular flexibility index (Phi) is 7.48. The van der Waals surface area contributed by atoms with Crippen LogP contribution in [0.2, 0.25) is 0 Å². The SMILES string of the molecule is C[C@]12CCC(=O)C=C1CC[C@H]1[C@H]2[C@@H](O)C[C@@]2(C)[C@H]1CC[C@]2(O)C(=O)COC(=O)CCC(=O)N1CCC[C@H]1C(=O)O. The molecule has 3 N–H and O–H groups in total. The zero-order chi connectivity index (χ0) is 29.0. The minimum Gasteiger partial charge on any atom is -0.480 e. The molecule has 8 atom stereocenters. The van der Waals surface area contributed by atoms with Crippen molar-refractivity contribution in [2.75, 3.05) is 13.2 Å². The molecule has 4 fully saturated rings. The lowest BCUT2D eigenvalue weighted by Gasteiger charge is -2.60. The van der Waals surface area contributed by atoms with Crippen LogP contribution in [0.15, 0.2) is 11.6 Å². The maximum Gasteiger partial charge on any atom is 0.326 e. The third kappa shape index (κ3) is 4.51. The molecule has 5 aliphatic rings. The molecule has 0 aromatic heterocycles. The van der Waals surface area contributed by atoms with Gasteiger partial charge in [-0.1, -0.05) is 19.4 Å². The number of nitrogens with zero attached hydrogens (tertiary/aromatic N) is 1. The molecular formula is C30H41NO9. The minimum atomic E-state index is -1.75. The van der Waals surface area contributed by atoms with Crippen LogP contribution in [0.25, 0.3) is 0 Å². The average Bonchev–Trinajstić information content (AvgIpc) is 3.50. The first-order valence-corrected chi connectivity index (χ1v) is 14.7. The number of Topliss-reactive ketones (excluding diaryl/α,β-unsaturated/α-hetero) is 1. The Hall–Kier alpha value is -2.59. The quantitative estimate of drug-likeness (QED) is 0.398. The van der Waals surface area contributed by atoms with Gasteiger partial charge in [0.2, 0.25) is 11.7 Å². The molecule has 5 rings (SSSR count). The second-order valence-electron chi connectivity index (χ2n) is 13.1. The third-order valence-electron chi connectivity index (χ3n) is 11.3. The third-order valence-corrected chi connectivity index (χ3v) is 11.3. The molecule has 1 saturated heterocycles. The lowest BCUT2D eigenvalue weighted by molar-refractivity contribution is -0.184. The molecule has 10 nitrogen and oxygen atoms in total. The number of aliphatic hydroxyl groups is 2. The molecule has 10 heteroatoms. The van der Waals surface area contributed by atoms with Gasteiger partial charge in [0.15, 0.2) is 12.4 Å². The van der Waals surface area contributed by atoms with Gasteiger partial charge in [-0.2, -0.15) is 0 Å². The summed E-state index contributed by atoms with van der Waals surface area (Å²) in [5.41, 5.74) is -1.78. The number of likely N-dealkylation sites (tertiary alicyclic amines) is 1. The van der Waals surface area contributed by atoms with Crippen molar-refractivity contribution in [1.29, 1.82) is 0 Å². The Morgan fingerprint density at radius 3 is 2.55 bits per heavy atom. The Morgan fingerprint density at radius 1 is 1.07 bits per heavy atom. The molecule has 1 heterocycles. The number of fused-ring (bicyclic) bond motifs is 5. The number of aliphatic carboxylic acids is 1. The molecule has 1 aliphatic heterocycles. The summed E-state index contributed by atoms with van der Waals surface area (Å²) in [5, 5.41) is 32.5. The monoisotopic (exact) mass is 559 g/mol. The maximum atomic E-state index is 13.4. The Morgan fingerprint density at radius 2 is 1.82 bits per heavy atom. The number of rotatable bonds is 7. The van der Waals surface area contributed by atoms with Crippen LogP contribution in [0.3, 0.4) is 0 Å². The van der Waals surface area contributed by atoms with E-state index in [0.29, 0.717) is 38.6 Å². The molecule has 0 radical (unpaired) electrons. The number of aliphatic hydroxyl groups excluding tert-OH is 1. The van der Waals surface area contributed by atoms with E-state index in [1.165, 1.54) is 4.90 Å². The highest BCUT2D eigenvalue weighted by Crippen LogP contribution is 2.67. The number of amides is 1. The van der Waals surface area contributed by atoms with Crippen LogP contribution in [0.4, 0.5) is 0 Å². The summed E-state index contributed by atoms with van der Waals surface area (Å²) in [7, 11) is 0. The van der Waals surface area contributed by atoms with E-state index < -0.39 is 53.4 Å². The number of carbonyl (C=O) groups excluding carboxylic acids is 4. The first kappa shape index (κ1) is 28.9. The highest BCUT2D eigenvalue weighted by Gasteiger charge is 2.68. The molecule has 40 heavy (non-hydrogen) atoms. The molecule has 3 saturated carbocycles. The van der Waals surface area contributed by atoms with E-state index in [1.807, 2.05) is 6.92 Å². The maximum absolute atomic E-state index is 13.4. The molecule has 0 bridgehead atoms. The van der Waals surface area contributed by atoms with Gasteiger partial charge >= 0.3 is 11.9 Å². The Bertz CT molecular complexity index is 1150. The summed E-state index contributed by atoms with van der Waals surface area (Å²) < 4.78 is 5.19. The van der Waals surface area contributed by atoms with Gasteiger partial charge in [0.05, 0.1) is 12.5 Å². The zero-order valence-electron chi connectivity index (χ0n) is 23.4. The molecular weight excluding hydrogens is 518 g/mol. The number of hydrogen-bond acceptors (Lipinski definition) is 8. The average molecular weight is 560 g/mol. The molecule has 0 aromatic carbocycles. The van der Waals surface area contributed by atoms with E-state index in [-0.39, 0.29) is 54.6 Å². The fourth-order valence-electron chi connectivity index (χ4n) is 9.16. The van der Waals surface area contributed by atoms with Gasteiger partial charge in [-0.3, -0.25) is 19.2 Å². The lowest BCUT2D eigenvalue weighted by atomic mass is 9.45. The van der Waals surface area contributed by atoms with Crippen molar-refractivity contribution in [2.24, 2.45) is 28.6 Å². The topological polar surface area (TPSA) is 159 Å². The van der Waals surface area contributed by atoms with Crippen molar-refractivity contribution in [3.8, 4) is 0 Å². The molecule has 220 valence electrons. The van der Waals surface area contributed by atoms with Crippen molar-refractivity contribution in [3.05, 3.63) is 11.6 Å². The summed E-state index contributed by atoms with van der Waals surface area (Å²) in [4.78, 5) is 62.9. The van der Waals surface area contributed by atoms with Crippen LogP contribution in [0, 0.1) is 28.6 Å². The summed E-state index contributed by atoms with van der Waals surface area (Å²) in [5.74, 6) is -2.64. The van der Waals surface area contributed by atoms with Crippen molar-refractivity contribution in [2.45, 2.75) is 102 Å². The fraction of sp³-hybridized carbons (Fsp3) is 0.767. The van der Waals surface area contributed by atoms with Gasteiger partial charge in [-0.05, 0) is 80.6 Å². The Balaban J connectivity index is 1.21. The normalized spacial score (nSPS) is 40.5. The van der Waals surface area contributed by atoms with Crippen molar-refractivity contribution >= 4 is 29.4 Å². The van der Waals surface area contributed by atoms with Crippen molar-refractivity contribution < 1.29 is 44.0 Å². The first-order chi connectivity index (χ1) is 18.8. The Labute approximate surface area is 234 Å². The van der Waals surface area contributed by atoms with Crippen molar-refractivity contribution in [3.63, 3.8) is 0 Å². The van der Waals surface area contributed by atoms with Gasteiger partial charge in [-0.25, -0.2) is 4.79 Å². The second-order valence-corrected chi connectivity index (χ2v) is 13.1. The summed E-state index contributed by atoms with van der Waals surface area (Å²) in [6.07, 6.45) is 5.35. The largest absolute Gasteiger partial charge is 0.480 e. The molecule has 1 amide bonds. The highest BCUT2D eigenvalue weighted by atomic mass is 16.5. The van der Waals surface area contributed by atoms with E-state index in [4.69, 9.17) is 4.74 Å². The van der Waals surface area contributed by atoms with E-state index >= 15 is 0 Å². The summed E-state index contributed by atoms with van der Waals surface area (Å²) >= 11 is 0. The van der Waals surface area contributed by atoms with E-state index in [1.54, 1.807) is 6.08 Å². The molecule has 0 spiro atoms.